The molecule has 1 atom stereocenters. The van der Waals surface area contributed by atoms with Crippen LogP contribution in [0.2, 0.25) is 0 Å². The third-order valence-electron chi connectivity index (χ3n) is 7.32. The molecular formula is C31H30FNO4. The minimum atomic E-state index is -1.24. The summed E-state index contributed by atoms with van der Waals surface area (Å²) in [4.78, 5) is 17.4. The minimum Gasteiger partial charge on any atom is -0.493 e. The van der Waals surface area contributed by atoms with Crippen LogP contribution in [0, 0.1) is 12.7 Å². The number of carbonyl (C=O) groups is 1. The van der Waals surface area contributed by atoms with Crippen molar-refractivity contribution in [3.05, 3.63) is 70.7 Å². The van der Waals surface area contributed by atoms with Crippen molar-refractivity contribution in [2.75, 3.05) is 6.61 Å². The van der Waals surface area contributed by atoms with E-state index in [2.05, 4.69) is 0 Å². The van der Waals surface area contributed by atoms with Crippen LogP contribution >= 0.6 is 0 Å². The minimum absolute atomic E-state index is 0.253. The van der Waals surface area contributed by atoms with Crippen LogP contribution in [0.5, 0.6) is 5.75 Å². The average molecular weight is 500 g/mol. The van der Waals surface area contributed by atoms with E-state index in [1.165, 1.54) is 0 Å². The van der Waals surface area contributed by atoms with E-state index in [0.29, 0.717) is 23.1 Å². The lowest BCUT2D eigenvalue weighted by atomic mass is 9.85. The maximum absolute atomic E-state index is 15.5. The van der Waals surface area contributed by atoms with E-state index >= 15 is 4.39 Å². The standard InChI is InChI=1S/C31H30FNO4/c1-16-13-19-14-21(17-5-6-17)23(32)15-22(19)27(25(16)29(30(34)35)37-31(2,3)4)20-7-8-24-26-18(10-12-36-24)9-11-33-28(20)26/h7-9,11,13-15,17,29H,5-6,10,12H2,1-4H3,(H,34,35)/t29-/m0/s1. The van der Waals surface area contributed by atoms with E-state index in [9.17, 15) is 9.90 Å². The van der Waals surface area contributed by atoms with Crippen molar-refractivity contribution in [3.8, 4) is 16.9 Å². The molecule has 0 bridgehead atoms. The SMILES string of the molecule is Cc1cc2cc(C3CC3)c(F)cc2c(-c2ccc3c4c(ccnc24)CCO3)c1[C@H](OC(C)(C)C)C(=O)O. The summed E-state index contributed by atoms with van der Waals surface area (Å²) in [6.07, 6.45) is 3.28. The van der Waals surface area contributed by atoms with E-state index in [-0.39, 0.29) is 11.7 Å². The molecule has 0 unspecified atom stereocenters. The van der Waals surface area contributed by atoms with Crippen LogP contribution in [0.3, 0.4) is 0 Å². The van der Waals surface area contributed by atoms with Gasteiger partial charge in [0.05, 0.1) is 17.7 Å². The third-order valence-corrected chi connectivity index (χ3v) is 7.32. The molecular weight excluding hydrogens is 469 g/mol. The summed E-state index contributed by atoms with van der Waals surface area (Å²) in [5.41, 5.74) is 4.57. The lowest BCUT2D eigenvalue weighted by Gasteiger charge is -2.29. The van der Waals surface area contributed by atoms with Gasteiger partial charge in [0, 0.05) is 29.1 Å². The van der Waals surface area contributed by atoms with Crippen LogP contribution in [0.4, 0.5) is 4.39 Å². The van der Waals surface area contributed by atoms with Crippen molar-refractivity contribution in [2.24, 2.45) is 0 Å². The van der Waals surface area contributed by atoms with Gasteiger partial charge in [-0.05, 0) is 110 Å². The maximum Gasteiger partial charge on any atom is 0.337 e. The lowest BCUT2D eigenvalue weighted by Crippen LogP contribution is -2.28. The third kappa shape index (κ3) is 4.13. The Morgan fingerprint density at radius 1 is 1.19 bits per heavy atom. The average Bonchev–Trinajstić information content (AvgIpc) is 3.68. The van der Waals surface area contributed by atoms with Gasteiger partial charge in [-0.3, -0.25) is 4.98 Å². The van der Waals surface area contributed by atoms with Crippen molar-refractivity contribution in [2.45, 2.75) is 64.6 Å². The first-order valence-corrected chi connectivity index (χ1v) is 12.8. The molecule has 0 saturated heterocycles. The molecule has 6 rings (SSSR count). The number of benzene rings is 3. The highest BCUT2D eigenvalue weighted by molar-refractivity contribution is 6.09. The molecule has 1 N–H and O–H groups in total. The number of hydrogen-bond donors (Lipinski definition) is 1. The predicted octanol–water partition coefficient (Wildman–Crippen LogP) is 7.26. The number of fused-ring (bicyclic) bond motifs is 1. The van der Waals surface area contributed by atoms with Gasteiger partial charge in [-0.1, -0.05) is 6.07 Å². The van der Waals surface area contributed by atoms with Crippen LogP contribution < -0.4 is 4.74 Å². The monoisotopic (exact) mass is 499 g/mol. The van der Waals surface area contributed by atoms with E-state index in [1.54, 1.807) is 12.3 Å². The van der Waals surface area contributed by atoms with Crippen LogP contribution in [-0.2, 0) is 16.0 Å². The summed E-state index contributed by atoms with van der Waals surface area (Å²) < 4.78 is 27.6. The van der Waals surface area contributed by atoms with Gasteiger partial charge < -0.3 is 14.6 Å². The second-order valence-electron chi connectivity index (χ2n) is 11.2. The molecule has 5 nitrogen and oxygen atoms in total. The number of hydrogen-bond acceptors (Lipinski definition) is 4. The molecule has 190 valence electrons. The second-order valence-corrected chi connectivity index (χ2v) is 11.2. The second kappa shape index (κ2) is 8.52. The molecule has 0 radical (unpaired) electrons. The number of ether oxygens (including phenoxy) is 2. The molecule has 4 aromatic rings. The highest BCUT2D eigenvalue weighted by atomic mass is 19.1. The van der Waals surface area contributed by atoms with Crippen molar-refractivity contribution in [1.29, 1.82) is 0 Å². The predicted molar refractivity (Wildman–Crippen MR) is 142 cm³/mol. The molecule has 1 saturated carbocycles. The summed E-state index contributed by atoms with van der Waals surface area (Å²) in [5, 5.41) is 12.8. The first kappa shape index (κ1) is 23.9. The summed E-state index contributed by atoms with van der Waals surface area (Å²) >= 11 is 0. The summed E-state index contributed by atoms with van der Waals surface area (Å²) in [7, 11) is 0. The number of pyridine rings is 1. The number of carboxylic acids is 1. The van der Waals surface area contributed by atoms with Gasteiger partial charge in [-0.15, -0.1) is 0 Å². The zero-order chi connectivity index (χ0) is 26.1. The van der Waals surface area contributed by atoms with Gasteiger partial charge in [-0.25, -0.2) is 9.18 Å². The fourth-order valence-electron chi connectivity index (χ4n) is 5.62. The Labute approximate surface area is 215 Å². The Hall–Kier alpha value is -3.51. The highest BCUT2D eigenvalue weighted by Gasteiger charge is 2.34. The van der Waals surface area contributed by atoms with Crippen LogP contribution in [-0.4, -0.2) is 28.3 Å². The molecule has 1 aliphatic carbocycles. The van der Waals surface area contributed by atoms with E-state index in [4.69, 9.17) is 14.5 Å². The summed E-state index contributed by atoms with van der Waals surface area (Å²) in [5.74, 6) is -0.334. The number of halogens is 1. The molecule has 1 fully saturated rings. The first-order valence-electron chi connectivity index (χ1n) is 12.8. The molecule has 0 amide bonds. The Bertz CT molecular complexity index is 1570. The lowest BCUT2D eigenvalue weighted by molar-refractivity contribution is -0.160. The first-order chi connectivity index (χ1) is 17.6. The largest absolute Gasteiger partial charge is 0.493 e. The molecule has 0 spiro atoms. The Kier molecular flexibility index (Phi) is 5.50. The number of aryl methyl sites for hydroxylation is 1. The molecule has 2 aliphatic rings. The zero-order valence-electron chi connectivity index (χ0n) is 21.5. The van der Waals surface area contributed by atoms with Gasteiger partial charge in [0.2, 0.25) is 0 Å². The fraction of sp³-hybridized carbons (Fsp3) is 0.355. The fourth-order valence-corrected chi connectivity index (χ4v) is 5.62. The smallest absolute Gasteiger partial charge is 0.337 e. The van der Waals surface area contributed by atoms with Gasteiger partial charge in [0.1, 0.15) is 11.6 Å². The highest BCUT2D eigenvalue weighted by Crippen LogP contribution is 2.47. The maximum atomic E-state index is 15.5. The summed E-state index contributed by atoms with van der Waals surface area (Å²) in [6.45, 7) is 8.01. The normalized spacial score (nSPS) is 16.1. The van der Waals surface area contributed by atoms with E-state index < -0.39 is 17.7 Å². The molecule has 3 aromatic carbocycles. The Morgan fingerprint density at radius 3 is 2.68 bits per heavy atom. The molecule has 1 aromatic heterocycles. The van der Waals surface area contributed by atoms with Gasteiger partial charge in [-0.2, -0.15) is 0 Å². The molecule has 2 heterocycles. The van der Waals surface area contributed by atoms with Crippen molar-refractivity contribution in [3.63, 3.8) is 0 Å². The molecule has 6 heteroatoms. The van der Waals surface area contributed by atoms with E-state index in [0.717, 1.165) is 63.6 Å². The number of aliphatic carboxylic acids is 1. The van der Waals surface area contributed by atoms with Crippen molar-refractivity contribution < 1.29 is 23.8 Å². The summed E-state index contributed by atoms with van der Waals surface area (Å²) in [6, 6.07) is 11.3. The molecule has 37 heavy (non-hydrogen) atoms. The van der Waals surface area contributed by atoms with E-state index in [1.807, 2.05) is 58.0 Å². The number of nitrogens with zero attached hydrogens (tertiary/aromatic N) is 1. The molecule has 1 aliphatic heterocycles. The number of carboxylic acid groups (broad SMARTS) is 1. The van der Waals surface area contributed by atoms with Gasteiger partial charge in [0.15, 0.2) is 6.10 Å². The number of rotatable bonds is 5. The van der Waals surface area contributed by atoms with Crippen molar-refractivity contribution in [1.82, 2.24) is 4.98 Å². The van der Waals surface area contributed by atoms with Crippen LogP contribution in [0.15, 0.2) is 42.6 Å². The quantitative estimate of drug-likeness (QED) is 0.313. The van der Waals surface area contributed by atoms with Crippen LogP contribution in [0.25, 0.3) is 32.8 Å². The topological polar surface area (TPSA) is 68.7 Å². The van der Waals surface area contributed by atoms with Crippen molar-refractivity contribution >= 4 is 27.6 Å². The van der Waals surface area contributed by atoms with Gasteiger partial charge >= 0.3 is 5.97 Å². The Balaban J connectivity index is 1.73. The Morgan fingerprint density at radius 2 is 1.97 bits per heavy atom. The van der Waals surface area contributed by atoms with Gasteiger partial charge in [0.25, 0.3) is 0 Å². The van der Waals surface area contributed by atoms with Crippen LogP contribution in [0.1, 0.15) is 67.9 Å². The zero-order valence-corrected chi connectivity index (χ0v) is 21.5. The number of aromatic nitrogens is 1.